The van der Waals surface area contributed by atoms with Crippen LogP contribution < -0.4 is 0 Å². The Bertz CT molecular complexity index is 729. The molecule has 0 radical (unpaired) electrons. The fourth-order valence-corrected chi connectivity index (χ4v) is 5.27. The van der Waals surface area contributed by atoms with E-state index in [1.54, 1.807) is 23.1 Å². The van der Waals surface area contributed by atoms with Gasteiger partial charge in [0.2, 0.25) is 0 Å². The lowest BCUT2D eigenvalue weighted by Gasteiger charge is -2.35. The maximum absolute atomic E-state index is 12.6. The second kappa shape index (κ2) is 7.29. The Hall–Kier alpha value is -0.670. The number of carbonyl (C=O) groups is 1. The highest BCUT2D eigenvalue weighted by molar-refractivity contribution is 9.10. The van der Waals surface area contributed by atoms with Crippen LogP contribution in [0.15, 0.2) is 22.7 Å². The van der Waals surface area contributed by atoms with E-state index in [1.165, 1.54) is 8.61 Å². The lowest BCUT2D eigenvalue weighted by Crippen LogP contribution is -2.53. The standard InChI is InChI=1S/C15H19BrClN3O3S/c16-12-3-4-14(17)13(11-12)15(21)18-7-9-20(10-8-18)24(22,23)19-5-1-2-6-19/h3-4,11H,1-2,5-10H2. The van der Waals surface area contributed by atoms with Gasteiger partial charge in [0.15, 0.2) is 0 Å². The van der Waals surface area contributed by atoms with E-state index in [0.717, 1.165) is 17.3 Å². The van der Waals surface area contributed by atoms with Crippen molar-refractivity contribution in [2.75, 3.05) is 39.3 Å². The lowest BCUT2D eigenvalue weighted by atomic mass is 10.2. The zero-order chi connectivity index (χ0) is 17.3. The third kappa shape index (κ3) is 3.62. The van der Waals surface area contributed by atoms with Crippen molar-refractivity contribution in [1.29, 1.82) is 0 Å². The largest absolute Gasteiger partial charge is 0.336 e. The summed E-state index contributed by atoms with van der Waals surface area (Å²) >= 11 is 9.46. The van der Waals surface area contributed by atoms with Crippen molar-refractivity contribution in [1.82, 2.24) is 13.5 Å². The Morgan fingerprint density at radius 3 is 2.21 bits per heavy atom. The molecule has 0 spiro atoms. The van der Waals surface area contributed by atoms with E-state index in [0.29, 0.717) is 49.9 Å². The quantitative estimate of drug-likeness (QED) is 0.730. The van der Waals surface area contributed by atoms with Crippen molar-refractivity contribution in [3.8, 4) is 0 Å². The van der Waals surface area contributed by atoms with Gasteiger partial charge in [-0.1, -0.05) is 27.5 Å². The van der Waals surface area contributed by atoms with Crippen LogP contribution in [0.5, 0.6) is 0 Å². The molecule has 9 heteroatoms. The molecular weight excluding hydrogens is 418 g/mol. The summed E-state index contributed by atoms with van der Waals surface area (Å²) in [5, 5.41) is 0.398. The van der Waals surface area contributed by atoms with Crippen molar-refractivity contribution in [2.45, 2.75) is 12.8 Å². The van der Waals surface area contributed by atoms with Gasteiger partial charge in [-0.25, -0.2) is 0 Å². The number of hydrogen-bond donors (Lipinski definition) is 0. The first-order valence-electron chi connectivity index (χ1n) is 7.89. The van der Waals surface area contributed by atoms with Crippen LogP contribution in [0.4, 0.5) is 0 Å². The molecule has 0 aliphatic carbocycles. The number of rotatable bonds is 3. The number of amides is 1. The van der Waals surface area contributed by atoms with Crippen molar-refractivity contribution < 1.29 is 13.2 Å². The van der Waals surface area contributed by atoms with Crippen LogP contribution in [0.25, 0.3) is 0 Å². The molecule has 6 nitrogen and oxygen atoms in total. The fourth-order valence-electron chi connectivity index (χ4n) is 3.04. The number of carbonyl (C=O) groups excluding carboxylic acids is 1. The summed E-state index contributed by atoms with van der Waals surface area (Å²) in [5.74, 6) is -0.167. The Morgan fingerprint density at radius 1 is 1.00 bits per heavy atom. The van der Waals surface area contributed by atoms with E-state index >= 15 is 0 Å². The zero-order valence-corrected chi connectivity index (χ0v) is 16.3. The highest BCUT2D eigenvalue weighted by Crippen LogP contribution is 2.24. The lowest BCUT2D eigenvalue weighted by molar-refractivity contribution is 0.0694. The zero-order valence-electron chi connectivity index (χ0n) is 13.1. The van der Waals surface area contributed by atoms with Gasteiger partial charge in [0, 0.05) is 43.7 Å². The minimum absolute atomic E-state index is 0.167. The average Bonchev–Trinajstić information content (AvgIpc) is 3.12. The van der Waals surface area contributed by atoms with Crippen LogP contribution in [0, 0.1) is 0 Å². The molecule has 24 heavy (non-hydrogen) atoms. The van der Waals surface area contributed by atoms with Gasteiger partial charge < -0.3 is 4.90 Å². The Balaban J connectivity index is 1.66. The summed E-state index contributed by atoms with van der Waals surface area (Å²) in [6.07, 6.45) is 1.83. The molecule has 1 amide bonds. The summed E-state index contributed by atoms with van der Waals surface area (Å²) in [6, 6.07) is 5.14. The maximum atomic E-state index is 12.6. The van der Waals surface area contributed by atoms with Crippen LogP contribution in [-0.4, -0.2) is 67.1 Å². The van der Waals surface area contributed by atoms with Crippen LogP contribution in [-0.2, 0) is 10.2 Å². The van der Waals surface area contributed by atoms with Gasteiger partial charge in [0.05, 0.1) is 10.6 Å². The SMILES string of the molecule is O=C(c1cc(Br)ccc1Cl)N1CCN(S(=O)(=O)N2CCCC2)CC1. The van der Waals surface area contributed by atoms with Gasteiger partial charge in [-0.2, -0.15) is 17.0 Å². The average molecular weight is 437 g/mol. The Labute approximate surface area is 155 Å². The van der Waals surface area contributed by atoms with Crippen molar-refractivity contribution in [3.63, 3.8) is 0 Å². The molecule has 0 saturated carbocycles. The Morgan fingerprint density at radius 2 is 1.58 bits per heavy atom. The third-order valence-corrected chi connectivity index (χ3v) is 7.26. The van der Waals surface area contributed by atoms with Gasteiger partial charge in [-0.3, -0.25) is 4.79 Å². The van der Waals surface area contributed by atoms with E-state index in [2.05, 4.69) is 15.9 Å². The number of piperazine rings is 1. The highest BCUT2D eigenvalue weighted by Gasteiger charge is 2.35. The molecule has 2 saturated heterocycles. The maximum Gasteiger partial charge on any atom is 0.282 e. The molecule has 1 aromatic rings. The van der Waals surface area contributed by atoms with E-state index in [-0.39, 0.29) is 5.91 Å². The highest BCUT2D eigenvalue weighted by atomic mass is 79.9. The summed E-state index contributed by atoms with van der Waals surface area (Å²) in [4.78, 5) is 14.3. The molecule has 0 N–H and O–H groups in total. The third-order valence-electron chi connectivity index (χ3n) is 4.40. The normalized spacial score (nSPS) is 20.5. The summed E-state index contributed by atoms with van der Waals surface area (Å²) in [7, 11) is -3.40. The van der Waals surface area contributed by atoms with E-state index < -0.39 is 10.2 Å². The van der Waals surface area contributed by atoms with E-state index in [9.17, 15) is 13.2 Å². The van der Waals surface area contributed by atoms with Gasteiger partial charge >= 0.3 is 0 Å². The van der Waals surface area contributed by atoms with Gasteiger partial charge in [0.25, 0.3) is 16.1 Å². The molecule has 0 aromatic heterocycles. The summed E-state index contributed by atoms with van der Waals surface area (Å²) in [5.41, 5.74) is 0.432. The van der Waals surface area contributed by atoms with Crippen LogP contribution in [0.1, 0.15) is 23.2 Å². The molecule has 0 atom stereocenters. The first kappa shape index (κ1) is 18.1. The van der Waals surface area contributed by atoms with Crippen LogP contribution in [0.2, 0.25) is 5.02 Å². The van der Waals surface area contributed by atoms with Gasteiger partial charge in [-0.15, -0.1) is 0 Å². The predicted molar refractivity (Wildman–Crippen MR) is 96.4 cm³/mol. The van der Waals surface area contributed by atoms with E-state index in [1.807, 2.05) is 0 Å². The van der Waals surface area contributed by atoms with E-state index in [4.69, 9.17) is 11.6 Å². The van der Waals surface area contributed by atoms with Gasteiger partial charge in [-0.05, 0) is 31.0 Å². The van der Waals surface area contributed by atoms with Crippen molar-refractivity contribution in [3.05, 3.63) is 33.3 Å². The molecular formula is C15H19BrClN3O3S. The fraction of sp³-hybridized carbons (Fsp3) is 0.533. The molecule has 3 rings (SSSR count). The number of nitrogens with zero attached hydrogens (tertiary/aromatic N) is 3. The topological polar surface area (TPSA) is 60.9 Å². The second-order valence-electron chi connectivity index (χ2n) is 5.93. The number of halogens is 2. The minimum Gasteiger partial charge on any atom is -0.336 e. The van der Waals surface area contributed by atoms with Crippen molar-refractivity contribution in [2.24, 2.45) is 0 Å². The molecule has 2 heterocycles. The summed E-state index contributed by atoms with van der Waals surface area (Å²) in [6.45, 7) is 2.56. The molecule has 0 unspecified atom stereocenters. The first-order valence-corrected chi connectivity index (χ1v) is 10.5. The van der Waals surface area contributed by atoms with Gasteiger partial charge in [0.1, 0.15) is 0 Å². The minimum atomic E-state index is -3.40. The molecule has 0 bridgehead atoms. The monoisotopic (exact) mass is 435 g/mol. The molecule has 1 aromatic carbocycles. The predicted octanol–water partition coefficient (Wildman–Crippen LogP) is 2.20. The Kier molecular flexibility index (Phi) is 5.51. The number of hydrogen-bond acceptors (Lipinski definition) is 3. The second-order valence-corrected chi connectivity index (χ2v) is 9.18. The molecule has 132 valence electrons. The smallest absolute Gasteiger partial charge is 0.282 e. The molecule has 2 aliphatic heterocycles. The molecule has 2 aliphatic rings. The number of benzene rings is 1. The van der Waals surface area contributed by atoms with Crippen molar-refractivity contribution >= 4 is 43.6 Å². The van der Waals surface area contributed by atoms with Crippen LogP contribution in [0.3, 0.4) is 0 Å². The van der Waals surface area contributed by atoms with Crippen LogP contribution >= 0.6 is 27.5 Å². The summed E-state index contributed by atoms with van der Waals surface area (Å²) < 4.78 is 28.9. The first-order chi connectivity index (χ1) is 11.4. The molecule has 2 fully saturated rings.